The van der Waals surface area contributed by atoms with E-state index in [4.69, 9.17) is 8.83 Å². The number of pyridine rings is 1. The van der Waals surface area contributed by atoms with Crippen LogP contribution in [0.3, 0.4) is 0 Å². The van der Waals surface area contributed by atoms with Gasteiger partial charge in [0.2, 0.25) is 11.8 Å². The van der Waals surface area contributed by atoms with E-state index >= 15 is 0 Å². The van der Waals surface area contributed by atoms with Crippen LogP contribution in [0.4, 0.5) is 11.4 Å². The fourth-order valence-corrected chi connectivity index (χ4v) is 3.79. The Morgan fingerprint density at radius 3 is 2.74 bits per heavy atom. The van der Waals surface area contributed by atoms with E-state index < -0.39 is 4.92 Å². The summed E-state index contributed by atoms with van der Waals surface area (Å²) in [5.74, 6) is 0.759. The van der Waals surface area contributed by atoms with Crippen LogP contribution in [0.5, 0.6) is 0 Å². The number of oxazole rings is 1. The van der Waals surface area contributed by atoms with E-state index in [0.29, 0.717) is 39.8 Å². The summed E-state index contributed by atoms with van der Waals surface area (Å²) in [6.45, 7) is 0. The minimum absolute atomic E-state index is 0.0577. The maximum absolute atomic E-state index is 12.4. The van der Waals surface area contributed by atoms with E-state index in [1.165, 1.54) is 18.2 Å². The summed E-state index contributed by atoms with van der Waals surface area (Å²) >= 11 is 3.38. The maximum Gasteiger partial charge on any atom is 0.280 e. The average molecular weight is 531 g/mol. The van der Waals surface area contributed by atoms with Crippen molar-refractivity contribution < 1.29 is 18.6 Å². The number of nitrogens with zero attached hydrogens (tertiary/aromatic N) is 3. The van der Waals surface area contributed by atoms with Gasteiger partial charge in [-0.1, -0.05) is 12.1 Å². The first-order valence-electron chi connectivity index (χ1n) is 10.3. The first kappa shape index (κ1) is 22.2. The van der Waals surface area contributed by atoms with E-state index in [0.717, 1.165) is 10.0 Å². The molecular weight excluding hydrogens is 516 g/mol. The molecule has 0 aliphatic carbocycles. The van der Waals surface area contributed by atoms with E-state index in [2.05, 4.69) is 31.2 Å². The molecule has 0 saturated heterocycles. The molecule has 35 heavy (non-hydrogen) atoms. The third-order valence-corrected chi connectivity index (χ3v) is 5.43. The molecule has 1 amide bonds. The van der Waals surface area contributed by atoms with E-state index in [9.17, 15) is 14.9 Å². The molecule has 0 saturated carbocycles. The van der Waals surface area contributed by atoms with Crippen molar-refractivity contribution >= 4 is 50.4 Å². The summed E-state index contributed by atoms with van der Waals surface area (Å²) in [4.78, 5) is 31.8. The Hall–Kier alpha value is -4.57. The van der Waals surface area contributed by atoms with Gasteiger partial charge in [0, 0.05) is 34.7 Å². The van der Waals surface area contributed by atoms with Crippen LogP contribution in [0.2, 0.25) is 0 Å². The number of halogens is 1. The fraction of sp³-hybridized carbons (Fsp3) is 0. The van der Waals surface area contributed by atoms with Gasteiger partial charge in [-0.05, 0) is 64.5 Å². The number of aromatic nitrogens is 2. The first-order valence-corrected chi connectivity index (χ1v) is 11.1. The fourth-order valence-electron chi connectivity index (χ4n) is 3.43. The molecule has 0 aliphatic rings. The lowest BCUT2D eigenvalue weighted by Crippen LogP contribution is -2.07. The van der Waals surface area contributed by atoms with Gasteiger partial charge in [-0.2, -0.15) is 0 Å². The zero-order valence-electron chi connectivity index (χ0n) is 17.8. The van der Waals surface area contributed by atoms with Gasteiger partial charge in [-0.3, -0.25) is 19.9 Å². The molecule has 2 aromatic carbocycles. The number of hydrogen-bond donors (Lipinski definition) is 1. The Balaban J connectivity index is 1.29. The molecule has 0 unspecified atom stereocenters. The molecule has 172 valence electrons. The SMILES string of the molecule is O=C(C=Cc1ccc(-c2ccccc2[N+](=O)[O-])o1)Nc1ccc2oc(-c3cncc(Br)c3)nc2c1. The second-order valence-corrected chi connectivity index (χ2v) is 8.31. The van der Waals surface area contributed by atoms with Crippen molar-refractivity contribution in [2.24, 2.45) is 0 Å². The Morgan fingerprint density at radius 2 is 1.91 bits per heavy atom. The second-order valence-electron chi connectivity index (χ2n) is 7.39. The number of nitro benzene ring substituents is 1. The highest BCUT2D eigenvalue weighted by Crippen LogP contribution is 2.31. The largest absolute Gasteiger partial charge is 0.456 e. The van der Waals surface area contributed by atoms with Crippen molar-refractivity contribution in [1.29, 1.82) is 0 Å². The highest BCUT2D eigenvalue weighted by atomic mass is 79.9. The Kier molecular flexibility index (Phi) is 5.94. The monoisotopic (exact) mass is 530 g/mol. The number of benzene rings is 2. The van der Waals surface area contributed by atoms with E-state index in [-0.39, 0.29) is 11.6 Å². The smallest absolute Gasteiger partial charge is 0.280 e. The van der Waals surface area contributed by atoms with Gasteiger partial charge in [0.25, 0.3) is 5.69 Å². The van der Waals surface area contributed by atoms with Gasteiger partial charge in [0.15, 0.2) is 5.58 Å². The number of nitro groups is 1. The summed E-state index contributed by atoms with van der Waals surface area (Å²) in [5, 5.41) is 14.0. The van der Waals surface area contributed by atoms with Gasteiger partial charge in [-0.25, -0.2) is 4.98 Å². The van der Waals surface area contributed by atoms with Crippen LogP contribution >= 0.6 is 15.9 Å². The number of carbonyl (C=O) groups is 1. The van der Waals surface area contributed by atoms with Crippen LogP contribution in [-0.2, 0) is 4.79 Å². The summed E-state index contributed by atoms with van der Waals surface area (Å²) in [6, 6.07) is 16.5. The molecule has 0 atom stereocenters. The Bertz CT molecular complexity index is 1600. The molecule has 0 aliphatic heterocycles. The normalized spacial score (nSPS) is 11.2. The number of anilines is 1. The molecule has 3 aromatic heterocycles. The van der Waals surface area contributed by atoms with E-state index in [1.54, 1.807) is 60.9 Å². The molecule has 0 fully saturated rings. The number of amides is 1. The Morgan fingerprint density at radius 1 is 1.06 bits per heavy atom. The summed E-state index contributed by atoms with van der Waals surface area (Å²) < 4.78 is 12.3. The third-order valence-electron chi connectivity index (χ3n) is 5.00. The van der Waals surface area contributed by atoms with Crippen LogP contribution in [-0.4, -0.2) is 20.8 Å². The number of furan rings is 1. The Labute approximate surface area is 206 Å². The van der Waals surface area contributed by atoms with Gasteiger partial charge in [-0.15, -0.1) is 0 Å². The standard InChI is InChI=1S/C25H15BrN4O5/c26-16-11-15(13-27-14-16)25-29-20-12-17(5-8-23(20)35-25)28-24(31)10-7-18-6-9-22(34-18)19-3-1-2-4-21(19)30(32)33/h1-14H,(H,28,31). The number of carbonyl (C=O) groups excluding carboxylic acids is 1. The van der Waals surface area contributed by atoms with Crippen molar-refractivity contribution in [3.05, 3.63) is 99.5 Å². The number of para-hydroxylation sites is 1. The molecule has 3 heterocycles. The van der Waals surface area contributed by atoms with Crippen molar-refractivity contribution in [3.63, 3.8) is 0 Å². The van der Waals surface area contributed by atoms with E-state index in [1.807, 2.05) is 6.07 Å². The highest BCUT2D eigenvalue weighted by Gasteiger charge is 2.17. The van der Waals surface area contributed by atoms with Gasteiger partial charge in [0.05, 0.1) is 16.1 Å². The predicted molar refractivity (Wildman–Crippen MR) is 133 cm³/mol. The van der Waals surface area contributed by atoms with Gasteiger partial charge in [0.1, 0.15) is 17.0 Å². The van der Waals surface area contributed by atoms with Crippen molar-refractivity contribution in [3.8, 4) is 22.8 Å². The number of nitrogens with one attached hydrogen (secondary N) is 1. The molecule has 0 bridgehead atoms. The van der Waals surface area contributed by atoms with Gasteiger partial charge >= 0.3 is 0 Å². The van der Waals surface area contributed by atoms with Gasteiger partial charge < -0.3 is 14.2 Å². The van der Waals surface area contributed by atoms with Crippen LogP contribution in [0, 0.1) is 10.1 Å². The predicted octanol–water partition coefficient (Wildman–Crippen LogP) is 6.47. The van der Waals surface area contributed by atoms with Crippen LogP contribution < -0.4 is 5.32 Å². The topological polar surface area (TPSA) is 124 Å². The quantitative estimate of drug-likeness (QED) is 0.151. The minimum Gasteiger partial charge on any atom is -0.456 e. The molecule has 9 nitrogen and oxygen atoms in total. The summed E-state index contributed by atoms with van der Waals surface area (Å²) in [6.07, 6.45) is 6.12. The van der Waals surface area contributed by atoms with Crippen LogP contribution in [0.1, 0.15) is 5.76 Å². The zero-order valence-corrected chi connectivity index (χ0v) is 19.4. The third kappa shape index (κ3) is 4.87. The minimum atomic E-state index is -0.467. The number of hydrogen-bond acceptors (Lipinski definition) is 7. The average Bonchev–Trinajstić information content (AvgIpc) is 3.50. The molecule has 0 radical (unpaired) electrons. The lowest BCUT2D eigenvalue weighted by Gasteiger charge is -2.01. The summed E-state index contributed by atoms with van der Waals surface area (Å²) in [7, 11) is 0. The molecule has 1 N–H and O–H groups in total. The highest BCUT2D eigenvalue weighted by molar-refractivity contribution is 9.10. The molecule has 5 rings (SSSR count). The van der Waals surface area contributed by atoms with Crippen LogP contribution in [0.25, 0.3) is 40.0 Å². The lowest BCUT2D eigenvalue weighted by atomic mass is 10.1. The summed E-state index contributed by atoms with van der Waals surface area (Å²) in [5.41, 5.74) is 2.73. The number of fused-ring (bicyclic) bond motifs is 1. The molecule has 10 heteroatoms. The van der Waals surface area contributed by atoms with Crippen LogP contribution in [0.15, 0.2) is 92.4 Å². The zero-order chi connectivity index (χ0) is 24.4. The molecular formula is C25H15BrN4O5. The number of rotatable bonds is 6. The second kappa shape index (κ2) is 9.35. The van der Waals surface area contributed by atoms with Crippen molar-refractivity contribution in [2.75, 3.05) is 5.32 Å². The molecule has 5 aromatic rings. The lowest BCUT2D eigenvalue weighted by molar-refractivity contribution is -0.384. The first-order chi connectivity index (χ1) is 17.0. The van der Waals surface area contributed by atoms with Crippen molar-refractivity contribution in [2.45, 2.75) is 0 Å². The maximum atomic E-state index is 12.4. The van der Waals surface area contributed by atoms with Crippen molar-refractivity contribution in [1.82, 2.24) is 9.97 Å². The molecule has 0 spiro atoms.